The van der Waals surface area contributed by atoms with Gasteiger partial charge >= 0.3 is 0 Å². The van der Waals surface area contributed by atoms with Crippen LogP contribution in [0, 0.1) is 6.92 Å². The maximum Gasteiger partial charge on any atom is 0.243 e. The molecular weight excluding hydrogens is 408 g/mol. The van der Waals surface area contributed by atoms with E-state index in [1.165, 1.54) is 0 Å². The smallest absolute Gasteiger partial charge is 0.243 e. The number of amides is 1. The summed E-state index contributed by atoms with van der Waals surface area (Å²) in [4.78, 5) is 14.4. The summed E-state index contributed by atoms with van der Waals surface area (Å²) in [7, 11) is 0. The second kappa shape index (κ2) is 7.79. The lowest BCUT2D eigenvalue weighted by atomic mass is 10.2. The van der Waals surface area contributed by atoms with Gasteiger partial charge in [-0.05, 0) is 75.5 Å². The first-order chi connectivity index (χ1) is 10.5. The van der Waals surface area contributed by atoms with Crippen molar-refractivity contribution < 1.29 is 4.79 Å². The molecular formula is C17H18Br2N2O. The number of nitrogens with zero attached hydrogens (tertiary/aromatic N) is 1. The van der Waals surface area contributed by atoms with Crippen LogP contribution in [0.3, 0.4) is 0 Å². The molecule has 2 aromatic rings. The number of hydrogen-bond donors (Lipinski definition) is 1. The summed E-state index contributed by atoms with van der Waals surface area (Å²) in [6, 6.07) is 13.9. The molecule has 1 amide bonds. The highest BCUT2D eigenvalue weighted by Crippen LogP contribution is 2.32. The third kappa shape index (κ3) is 4.34. The summed E-state index contributed by atoms with van der Waals surface area (Å²) in [6.45, 7) is 5.13. The molecule has 0 aliphatic heterocycles. The van der Waals surface area contributed by atoms with Crippen molar-refractivity contribution in [1.82, 2.24) is 0 Å². The summed E-state index contributed by atoms with van der Waals surface area (Å²) in [6.07, 6.45) is 0. The maximum absolute atomic E-state index is 12.4. The highest BCUT2D eigenvalue weighted by molar-refractivity contribution is 9.11. The van der Waals surface area contributed by atoms with Crippen LogP contribution in [0.5, 0.6) is 0 Å². The van der Waals surface area contributed by atoms with Gasteiger partial charge in [0, 0.05) is 21.2 Å². The Hall–Kier alpha value is -1.33. The zero-order chi connectivity index (χ0) is 16.1. The van der Waals surface area contributed by atoms with Gasteiger partial charge in [0.2, 0.25) is 5.91 Å². The van der Waals surface area contributed by atoms with E-state index in [9.17, 15) is 4.79 Å². The van der Waals surface area contributed by atoms with Gasteiger partial charge in [-0.3, -0.25) is 4.79 Å². The molecule has 0 aliphatic carbocycles. The van der Waals surface area contributed by atoms with Crippen LogP contribution in [0.15, 0.2) is 51.4 Å². The Morgan fingerprint density at radius 1 is 1.14 bits per heavy atom. The Labute approximate surface area is 148 Å². The van der Waals surface area contributed by atoms with Crippen molar-refractivity contribution in [3.05, 3.63) is 57.0 Å². The molecule has 0 spiro atoms. The summed E-state index contributed by atoms with van der Waals surface area (Å²) in [5.74, 6) is -0.0454. The average Bonchev–Trinajstić information content (AvgIpc) is 2.49. The number of rotatable bonds is 5. The average molecular weight is 426 g/mol. The van der Waals surface area contributed by atoms with Gasteiger partial charge in [0.25, 0.3) is 0 Å². The fourth-order valence-corrected chi connectivity index (χ4v) is 3.81. The van der Waals surface area contributed by atoms with E-state index in [1.807, 2.05) is 61.2 Å². The Morgan fingerprint density at radius 2 is 1.73 bits per heavy atom. The van der Waals surface area contributed by atoms with E-state index >= 15 is 0 Å². The number of hydrogen-bond acceptors (Lipinski definition) is 2. The molecule has 0 radical (unpaired) electrons. The van der Waals surface area contributed by atoms with Crippen LogP contribution in [0.1, 0.15) is 12.5 Å². The molecule has 0 saturated heterocycles. The molecule has 2 rings (SSSR count). The van der Waals surface area contributed by atoms with Crippen molar-refractivity contribution in [2.45, 2.75) is 13.8 Å². The molecule has 0 aliphatic rings. The molecule has 0 fully saturated rings. The number of nitrogens with one attached hydrogen (secondary N) is 1. The fourth-order valence-electron chi connectivity index (χ4n) is 2.20. The Bertz CT molecular complexity index is 636. The quantitative estimate of drug-likeness (QED) is 0.732. The molecule has 0 unspecified atom stereocenters. The van der Waals surface area contributed by atoms with Crippen LogP contribution in [-0.4, -0.2) is 19.0 Å². The van der Waals surface area contributed by atoms with Crippen molar-refractivity contribution >= 4 is 49.1 Å². The monoisotopic (exact) mass is 424 g/mol. The molecule has 0 atom stereocenters. The number of carbonyl (C=O) groups is 1. The topological polar surface area (TPSA) is 32.3 Å². The molecule has 0 aromatic heterocycles. The molecule has 0 heterocycles. The van der Waals surface area contributed by atoms with Gasteiger partial charge in [-0.1, -0.05) is 18.2 Å². The summed E-state index contributed by atoms with van der Waals surface area (Å²) >= 11 is 6.99. The standard InChI is InChI=1S/C17H18Br2N2O/c1-3-21(13-7-5-4-6-8-13)11-16(22)20-17-14(18)9-12(2)10-15(17)19/h4-10H,3,11H2,1-2H3,(H,20,22). The summed E-state index contributed by atoms with van der Waals surface area (Å²) in [5.41, 5.74) is 2.93. The van der Waals surface area contributed by atoms with Gasteiger partial charge in [-0.2, -0.15) is 0 Å². The van der Waals surface area contributed by atoms with E-state index in [-0.39, 0.29) is 5.91 Å². The molecule has 22 heavy (non-hydrogen) atoms. The largest absolute Gasteiger partial charge is 0.362 e. The van der Waals surface area contributed by atoms with E-state index in [4.69, 9.17) is 0 Å². The van der Waals surface area contributed by atoms with Crippen LogP contribution in [-0.2, 0) is 4.79 Å². The lowest BCUT2D eigenvalue weighted by molar-refractivity contribution is -0.115. The number of benzene rings is 2. The third-order valence-electron chi connectivity index (χ3n) is 3.29. The van der Waals surface area contributed by atoms with Crippen LogP contribution in [0.2, 0.25) is 0 Å². The van der Waals surface area contributed by atoms with E-state index in [2.05, 4.69) is 37.2 Å². The van der Waals surface area contributed by atoms with Gasteiger partial charge in [0.1, 0.15) is 0 Å². The van der Waals surface area contributed by atoms with Gasteiger partial charge in [0.05, 0.1) is 12.2 Å². The zero-order valence-corrected chi connectivity index (χ0v) is 15.7. The van der Waals surface area contributed by atoms with Crippen molar-refractivity contribution in [3.8, 4) is 0 Å². The lowest BCUT2D eigenvalue weighted by Crippen LogP contribution is -2.33. The van der Waals surface area contributed by atoms with Crippen molar-refractivity contribution in [1.29, 1.82) is 0 Å². The van der Waals surface area contributed by atoms with Crippen molar-refractivity contribution in [3.63, 3.8) is 0 Å². The molecule has 5 heteroatoms. The summed E-state index contributed by atoms with van der Waals surface area (Å²) in [5, 5.41) is 2.97. The van der Waals surface area contributed by atoms with Crippen LogP contribution in [0.25, 0.3) is 0 Å². The number of para-hydroxylation sites is 1. The first-order valence-electron chi connectivity index (χ1n) is 7.06. The first kappa shape index (κ1) is 17.0. The number of likely N-dealkylation sites (N-methyl/N-ethyl adjacent to an activating group) is 1. The Kier molecular flexibility index (Phi) is 6.03. The molecule has 1 N–H and O–H groups in total. The van der Waals surface area contributed by atoms with Crippen LogP contribution in [0.4, 0.5) is 11.4 Å². The normalized spacial score (nSPS) is 10.4. The molecule has 2 aromatic carbocycles. The Morgan fingerprint density at radius 3 is 2.27 bits per heavy atom. The number of anilines is 2. The van der Waals surface area contributed by atoms with E-state index in [0.29, 0.717) is 6.54 Å². The highest BCUT2D eigenvalue weighted by Gasteiger charge is 2.13. The van der Waals surface area contributed by atoms with Crippen molar-refractivity contribution in [2.75, 3.05) is 23.3 Å². The zero-order valence-electron chi connectivity index (χ0n) is 12.6. The van der Waals surface area contributed by atoms with Crippen molar-refractivity contribution in [2.24, 2.45) is 0 Å². The number of aryl methyl sites for hydroxylation is 1. The minimum atomic E-state index is -0.0454. The minimum Gasteiger partial charge on any atom is -0.362 e. The molecule has 0 bridgehead atoms. The Balaban J connectivity index is 2.10. The maximum atomic E-state index is 12.4. The van der Waals surface area contributed by atoms with Crippen LogP contribution < -0.4 is 10.2 Å². The second-order valence-corrected chi connectivity index (χ2v) is 6.71. The summed E-state index contributed by atoms with van der Waals surface area (Å²) < 4.78 is 1.74. The third-order valence-corrected chi connectivity index (χ3v) is 4.54. The van der Waals surface area contributed by atoms with Crippen LogP contribution >= 0.6 is 31.9 Å². The SMILES string of the molecule is CCN(CC(=O)Nc1c(Br)cc(C)cc1Br)c1ccccc1. The lowest BCUT2D eigenvalue weighted by Gasteiger charge is -2.22. The van der Waals surface area contributed by atoms with Gasteiger partial charge in [0.15, 0.2) is 0 Å². The fraction of sp³-hybridized carbons (Fsp3) is 0.235. The van der Waals surface area contributed by atoms with Gasteiger partial charge in [-0.25, -0.2) is 0 Å². The molecule has 0 saturated carbocycles. The molecule has 116 valence electrons. The van der Waals surface area contributed by atoms with E-state index in [1.54, 1.807) is 0 Å². The highest BCUT2D eigenvalue weighted by atomic mass is 79.9. The molecule has 3 nitrogen and oxygen atoms in total. The second-order valence-electron chi connectivity index (χ2n) is 5.00. The minimum absolute atomic E-state index is 0.0454. The first-order valence-corrected chi connectivity index (χ1v) is 8.65. The number of carbonyl (C=O) groups excluding carboxylic acids is 1. The van der Waals surface area contributed by atoms with Gasteiger partial charge < -0.3 is 10.2 Å². The predicted molar refractivity (Wildman–Crippen MR) is 99.5 cm³/mol. The van der Waals surface area contributed by atoms with E-state index in [0.717, 1.165) is 32.4 Å². The predicted octanol–water partition coefficient (Wildman–Crippen LogP) is 4.99. The number of halogens is 2. The van der Waals surface area contributed by atoms with Gasteiger partial charge in [-0.15, -0.1) is 0 Å². The van der Waals surface area contributed by atoms with E-state index < -0.39 is 0 Å².